The minimum absolute atomic E-state index is 0.0122. The van der Waals surface area contributed by atoms with Gasteiger partial charge in [-0.15, -0.1) is 0 Å². The molecule has 0 bridgehead atoms. The molecule has 9 nitrogen and oxygen atoms in total. The second-order valence-electron chi connectivity index (χ2n) is 8.17. The molecule has 34 heavy (non-hydrogen) atoms. The minimum atomic E-state index is -0.306. The molecule has 1 saturated heterocycles. The number of carbonyl (C=O) groups excluding carboxylic acids is 3. The third-order valence-electron chi connectivity index (χ3n) is 5.84. The maximum atomic E-state index is 13.2. The van der Waals surface area contributed by atoms with Crippen LogP contribution in [0.5, 0.6) is 5.75 Å². The summed E-state index contributed by atoms with van der Waals surface area (Å²) in [6, 6.07) is 13.7. The molecule has 2 N–H and O–H groups in total. The quantitative estimate of drug-likeness (QED) is 0.587. The van der Waals surface area contributed by atoms with Gasteiger partial charge >= 0.3 is 0 Å². The molecule has 3 aromatic rings. The van der Waals surface area contributed by atoms with E-state index >= 15 is 0 Å². The Hall–Kier alpha value is -4.14. The number of carbonyl (C=O) groups is 3. The number of nitrogens with zero attached hydrogens (tertiary/aromatic N) is 3. The lowest BCUT2D eigenvalue weighted by molar-refractivity contribution is 0.0699. The maximum Gasteiger partial charge on any atom is 0.255 e. The molecule has 1 aliphatic rings. The number of benzene rings is 2. The van der Waals surface area contributed by atoms with Gasteiger partial charge in [0, 0.05) is 37.9 Å². The Labute approximate surface area is 197 Å². The molecule has 176 valence electrons. The lowest BCUT2D eigenvalue weighted by Gasteiger charge is -2.32. The summed E-state index contributed by atoms with van der Waals surface area (Å²) in [4.78, 5) is 40.1. The van der Waals surface area contributed by atoms with Crippen LogP contribution in [0.15, 0.2) is 60.9 Å². The van der Waals surface area contributed by atoms with Crippen LogP contribution in [0.4, 0.5) is 5.69 Å². The second-order valence-corrected chi connectivity index (χ2v) is 8.17. The van der Waals surface area contributed by atoms with Crippen molar-refractivity contribution in [2.75, 3.05) is 25.5 Å². The van der Waals surface area contributed by atoms with Crippen LogP contribution in [0.2, 0.25) is 0 Å². The highest BCUT2D eigenvalue weighted by atomic mass is 16.5. The molecule has 1 aliphatic heterocycles. The third kappa shape index (κ3) is 5.25. The smallest absolute Gasteiger partial charge is 0.255 e. The van der Waals surface area contributed by atoms with E-state index in [4.69, 9.17) is 4.74 Å². The molecule has 0 unspecified atom stereocenters. The first-order valence-corrected chi connectivity index (χ1v) is 11.1. The minimum Gasteiger partial charge on any atom is -0.497 e. The summed E-state index contributed by atoms with van der Waals surface area (Å²) in [5.74, 6) is 0.0408. The summed E-state index contributed by atoms with van der Waals surface area (Å²) in [5.41, 5.74) is 1.87. The second kappa shape index (κ2) is 10.2. The van der Waals surface area contributed by atoms with Crippen LogP contribution in [0, 0.1) is 0 Å². The van der Waals surface area contributed by atoms with Crippen molar-refractivity contribution in [2.24, 2.45) is 7.05 Å². The van der Waals surface area contributed by atoms with E-state index < -0.39 is 0 Å². The zero-order valence-corrected chi connectivity index (χ0v) is 19.2. The number of amides is 3. The Morgan fingerprint density at radius 2 is 1.68 bits per heavy atom. The van der Waals surface area contributed by atoms with E-state index in [0.29, 0.717) is 54.1 Å². The Kier molecular flexibility index (Phi) is 6.91. The van der Waals surface area contributed by atoms with Crippen LogP contribution < -0.4 is 15.4 Å². The van der Waals surface area contributed by atoms with Gasteiger partial charge in [0.05, 0.1) is 30.1 Å². The van der Waals surface area contributed by atoms with E-state index in [2.05, 4.69) is 15.7 Å². The number of likely N-dealkylation sites (tertiary alicyclic amines) is 1. The van der Waals surface area contributed by atoms with Crippen molar-refractivity contribution >= 4 is 23.4 Å². The van der Waals surface area contributed by atoms with Crippen molar-refractivity contribution in [2.45, 2.75) is 18.9 Å². The molecule has 9 heteroatoms. The summed E-state index contributed by atoms with van der Waals surface area (Å²) in [5, 5.41) is 9.89. The number of hydrogen-bond acceptors (Lipinski definition) is 5. The lowest BCUT2D eigenvalue weighted by Crippen LogP contribution is -2.46. The Morgan fingerprint density at radius 3 is 2.32 bits per heavy atom. The van der Waals surface area contributed by atoms with Crippen LogP contribution in [0.1, 0.15) is 43.9 Å². The Morgan fingerprint density at radius 1 is 0.971 bits per heavy atom. The van der Waals surface area contributed by atoms with Crippen molar-refractivity contribution in [3.8, 4) is 5.75 Å². The first kappa shape index (κ1) is 23.0. The number of rotatable bonds is 6. The van der Waals surface area contributed by atoms with Gasteiger partial charge in [0.25, 0.3) is 17.7 Å². The van der Waals surface area contributed by atoms with Gasteiger partial charge in [0.1, 0.15) is 5.75 Å². The van der Waals surface area contributed by atoms with Gasteiger partial charge in [0.2, 0.25) is 0 Å². The molecular weight excluding hydrogens is 434 g/mol. The fourth-order valence-electron chi connectivity index (χ4n) is 3.92. The highest BCUT2D eigenvalue weighted by molar-refractivity contribution is 6.09. The number of ether oxygens (including phenoxy) is 1. The van der Waals surface area contributed by atoms with Crippen LogP contribution in [0.3, 0.4) is 0 Å². The zero-order valence-electron chi connectivity index (χ0n) is 19.2. The van der Waals surface area contributed by atoms with E-state index in [9.17, 15) is 14.4 Å². The molecule has 1 aromatic heterocycles. The normalized spacial score (nSPS) is 13.9. The number of nitrogens with one attached hydrogen (secondary N) is 2. The first-order chi connectivity index (χ1) is 16.4. The number of para-hydroxylation sites is 1. The predicted molar refractivity (Wildman–Crippen MR) is 127 cm³/mol. The third-order valence-corrected chi connectivity index (χ3v) is 5.84. The van der Waals surface area contributed by atoms with E-state index in [-0.39, 0.29) is 23.8 Å². The van der Waals surface area contributed by atoms with Crippen molar-refractivity contribution in [1.29, 1.82) is 0 Å². The SMILES string of the molecule is COc1ccc(C(=O)Nc2ccccc2C(=O)N2CCC(NC(=O)c3cnn(C)c3)CC2)cc1. The number of methoxy groups -OCH3 is 1. The number of aromatic nitrogens is 2. The van der Waals surface area contributed by atoms with Crippen LogP contribution in [0.25, 0.3) is 0 Å². The molecule has 0 saturated carbocycles. The predicted octanol–water partition coefficient (Wildman–Crippen LogP) is 2.72. The van der Waals surface area contributed by atoms with Gasteiger partial charge in [0.15, 0.2) is 0 Å². The van der Waals surface area contributed by atoms with Crippen LogP contribution in [-0.2, 0) is 7.05 Å². The summed E-state index contributed by atoms with van der Waals surface area (Å²) in [7, 11) is 3.33. The van der Waals surface area contributed by atoms with Crippen molar-refractivity contribution in [3.63, 3.8) is 0 Å². The topological polar surface area (TPSA) is 106 Å². The molecule has 2 aromatic carbocycles. The van der Waals surface area contributed by atoms with Gasteiger partial charge in [-0.2, -0.15) is 5.10 Å². The summed E-state index contributed by atoms with van der Waals surface area (Å²) in [6.07, 6.45) is 4.51. The van der Waals surface area contributed by atoms with E-state index in [1.54, 1.807) is 78.5 Å². The van der Waals surface area contributed by atoms with Crippen molar-refractivity contribution < 1.29 is 19.1 Å². The van der Waals surface area contributed by atoms with Crippen LogP contribution in [-0.4, -0.2) is 58.6 Å². The molecular formula is C25H27N5O4. The fraction of sp³-hybridized carbons (Fsp3) is 0.280. The zero-order chi connectivity index (χ0) is 24.1. The maximum absolute atomic E-state index is 13.2. The van der Waals surface area contributed by atoms with E-state index in [0.717, 1.165) is 0 Å². The highest BCUT2D eigenvalue weighted by Gasteiger charge is 2.26. The number of hydrogen-bond donors (Lipinski definition) is 2. The van der Waals surface area contributed by atoms with Crippen molar-refractivity contribution in [1.82, 2.24) is 20.0 Å². The van der Waals surface area contributed by atoms with Gasteiger partial charge in [-0.25, -0.2) is 0 Å². The molecule has 0 atom stereocenters. The average molecular weight is 462 g/mol. The number of piperidine rings is 1. The van der Waals surface area contributed by atoms with Crippen LogP contribution >= 0.6 is 0 Å². The average Bonchev–Trinajstić information content (AvgIpc) is 3.31. The molecule has 2 heterocycles. The summed E-state index contributed by atoms with van der Waals surface area (Å²) in [6.45, 7) is 1.02. The molecule has 0 spiro atoms. The summed E-state index contributed by atoms with van der Waals surface area (Å²) >= 11 is 0. The van der Waals surface area contributed by atoms with E-state index in [1.165, 1.54) is 6.20 Å². The molecule has 1 fully saturated rings. The molecule has 0 aliphatic carbocycles. The Balaban J connectivity index is 1.37. The van der Waals surface area contributed by atoms with Gasteiger partial charge < -0.3 is 20.3 Å². The molecule has 4 rings (SSSR count). The first-order valence-electron chi connectivity index (χ1n) is 11.1. The largest absolute Gasteiger partial charge is 0.497 e. The van der Waals surface area contributed by atoms with E-state index in [1.807, 2.05) is 0 Å². The molecule has 0 radical (unpaired) electrons. The lowest BCUT2D eigenvalue weighted by atomic mass is 10.0. The molecule has 3 amide bonds. The Bertz CT molecular complexity index is 1180. The number of aryl methyl sites for hydroxylation is 1. The summed E-state index contributed by atoms with van der Waals surface area (Å²) < 4.78 is 6.71. The van der Waals surface area contributed by atoms with Gasteiger partial charge in [-0.1, -0.05) is 12.1 Å². The van der Waals surface area contributed by atoms with Gasteiger partial charge in [-0.05, 0) is 49.2 Å². The van der Waals surface area contributed by atoms with Crippen molar-refractivity contribution in [3.05, 3.63) is 77.6 Å². The standard InChI is InChI=1S/C25H27N5O4/c1-29-16-18(15-26-29)24(32)27-19-11-13-30(14-12-19)25(33)21-5-3-4-6-22(21)28-23(31)17-7-9-20(34-2)10-8-17/h3-10,15-16,19H,11-14H2,1-2H3,(H,27,32)(H,28,31). The number of anilines is 1. The highest BCUT2D eigenvalue weighted by Crippen LogP contribution is 2.22. The van der Waals surface area contributed by atoms with Gasteiger partial charge in [-0.3, -0.25) is 19.1 Å². The monoisotopic (exact) mass is 461 g/mol. The fourth-order valence-corrected chi connectivity index (χ4v) is 3.92.